The summed E-state index contributed by atoms with van der Waals surface area (Å²) < 4.78 is 7.60. The first-order valence-corrected chi connectivity index (χ1v) is 7.98. The summed E-state index contributed by atoms with van der Waals surface area (Å²) in [5, 5.41) is 0. The summed E-state index contributed by atoms with van der Waals surface area (Å²) in [5.74, 6) is 1.18. The van der Waals surface area contributed by atoms with E-state index in [0.717, 1.165) is 76.7 Å². The van der Waals surface area contributed by atoms with Crippen molar-refractivity contribution in [1.29, 1.82) is 0 Å². The summed E-state index contributed by atoms with van der Waals surface area (Å²) in [6.07, 6.45) is 5.13. The van der Waals surface area contributed by atoms with E-state index in [-0.39, 0.29) is 5.91 Å². The fraction of sp³-hybridized carbons (Fsp3) is 0.733. The van der Waals surface area contributed by atoms with Gasteiger partial charge >= 0.3 is 0 Å². The van der Waals surface area contributed by atoms with Crippen molar-refractivity contribution in [2.75, 3.05) is 32.8 Å². The molecule has 3 aliphatic rings. The van der Waals surface area contributed by atoms with E-state index < -0.39 is 0 Å². The Morgan fingerprint density at radius 3 is 2.86 bits per heavy atom. The van der Waals surface area contributed by atoms with E-state index in [1.807, 2.05) is 4.90 Å². The number of fused-ring (bicyclic) bond motifs is 1. The number of amides is 1. The molecular weight excluding hydrogens is 268 g/mol. The van der Waals surface area contributed by atoms with Crippen LogP contribution in [-0.2, 0) is 17.8 Å². The van der Waals surface area contributed by atoms with E-state index in [1.165, 1.54) is 0 Å². The molecule has 0 bridgehead atoms. The average molecular weight is 290 g/mol. The van der Waals surface area contributed by atoms with E-state index in [9.17, 15) is 4.79 Å². The van der Waals surface area contributed by atoms with Gasteiger partial charge in [0.25, 0.3) is 5.91 Å². The van der Waals surface area contributed by atoms with Crippen molar-refractivity contribution in [2.24, 2.45) is 0 Å². The minimum atomic E-state index is 0.156. The molecule has 2 fully saturated rings. The Bertz CT molecular complexity index is 530. The number of ether oxygens (including phenoxy) is 1. The monoisotopic (exact) mass is 290 g/mol. The number of nitrogens with zero attached hydrogens (tertiary/aromatic N) is 4. The molecule has 6 heteroatoms. The number of aromatic nitrogens is 2. The number of likely N-dealkylation sites (tertiary alicyclic amines) is 1. The lowest BCUT2D eigenvalue weighted by Crippen LogP contribution is -2.42. The number of rotatable bonds is 2. The van der Waals surface area contributed by atoms with Crippen LogP contribution in [0.5, 0.6) is 0 Å². The molecule has 1 aromatic heterocycles. The summed E-state index contributed by atoms with van der Waals surface area (Å²) in [6, 6.07) is 0.521. The SMILES string of the molecule is O=C(c1cnc2n1CCN([C@@H]1CCOC1)C2)N1CCCC1. The molecule has 3 aliphatic heterocycles. The third-order valence-corrected chi connectivity index (χ3v) is 4.93. The molecule has 4 rings (SSSR count). The van der Waals surface area contributed by atoms with E-state index >= 15 is 0 Å². The van der Waals surface area contributed by atoms with Crippen LogP contribution in [0.4, 0.5) is 0 Å². The van der Waals surface area contributed by atoms with Crippen LogP contribution in [-0.4, -0.2) is 64.1 Å². The first-order valence-electron chi connectivity index (χ1n) is 7.98. The average Bonchev–Trinajstić information content (AvgIpc) is 3.25. The lowest BCUT2D eigenvalue weighted by Gasteiger charge is -2.32. The molecule has 0 N–H and O–H groups in total. The molecule has 1 atom stereocenters. The van der Waals surface area contributed by atoms with Crippen molar-refractivity contribution in [3.8, 4) is 0 Å². The quantitative estimate of drug-likeness (QED) is 0.805. The highest BCUT2D eigenvalue weighted by Gasteiger charge is 2.30. The predicted octanol–water partition coefficient (Wildman–Crippen LogP) is 0.724. The number of carbonyl (C=O) groups excluding carboxylic acids is 1. The van der Waals surface area contributed by atoms with Gasteiger partial charge in [0.15, 0.2) is 0 Å². The van der Waals surface area contributed by atoms with Crippen LogP contribution in [0.15, 0.2) is 6.20 Å². The maximum absolute atomic E-state index is 12.5. The van der Waals surface area contributed by atoms with Crippen LogP contribution in [0.25, 0.3) is 0 Å². The zero-order chi connectivity index (χ0) is 14.2. The number of hydrogen-bond donors (Lipinski definition) is 0. The first-order chi connectivity index (χ1) is 10.3. The Hall–Kier alpha value is -1.40. The van der Waals surface area contributed by atoms with Crippen LogP contribution >= 0.6 is 0 Å². The molecule has 21 heavy (non-hydrogen) atoms. The predicted molar refractivity (Wildman–Crippen MR) is 77.0 cm³/mol. The highest BCUT2D eigenvalue weighted by atomic mass is 16.5. The van der Waals surface area contributed by atoms with Gasteiger partial charge in [-0.1, -0.05) is 0 Å². The molecule has 1 amide bonds. The minimum Gasteiger partial charge on any atom is -0.380 e. The number of carbonyl (C=O) groups is 1. The molecule has 6 nitrogen and oxygen atoms in total. The summed E-state index contributed by atoms with van der Waals surface area (Å²) in [4.78, 5) is 21.5. The molecule has 1 aromatic rings. The standard InChI is InChI=1S/C15H22N4O2/c20-15(17-4-1-2-5-17)13-9-16-14-10-18(6-7-19(13)14)12-3-8-21-11-12/h9,12H,1-8,10-11H2/t12-/m1/s1. The largest absolute Gasteiger partial charge is 0.380 e. The Morgan fingerprint density at radius 2 is 2.10 bits per heavy atom. The second-order valence-electron chi connectivity index (χ2n) is 6.20. The molecule has 4 heterocycles. The van der Waals surface area contributed by atoms with E-state index in [2.05, 4.69) is 14.5 Å². The fourth-order valence-corrected chi connectivity index (χ4v) is 3.65. The van der Waals surface area contributed by atoms with Crippen molar-refractivity contribution >= 4 is 5.91 Å². The van der Waals surface area contributed by atoms with Crippen molar-refractivity contribution in [1.82, 2.24) is 19.4 Å². The van der Waals surface area contributed by atoms with Gasteiger partial charge in [-0.2, -0.15) is 0 Å². The molecule has 0 spiro atoms. The maximum Gasteiger partial charge on any atom is 0.272 e. The third-order valence-electron chi connectivity index (χ3n) is 4.93. The molecule has 0 radical (unpaired) electrons. The molecule has 0 saturated carbocycles. The third kappa shape index (κ3) is 2.36. The van der Waals surface area contributed by atoms with Gasteiger partial charge in [0.05, 0.1) is 19.3 Å². The van der Waals surface area contributed by atoms with E-state index in [0.29, 0.717) is 6.04 Å². The van der Waals surface area contributed by atoms with Gasteiger partial charge in [-0.25, -0.2) is 4.98 Å². The number of imidazole rings is 1. The normalized spacial score (nSPS) is 26.3. The topological polar surface area (TPSA) is 50.6 Å². The van der Waals surface area contributed by atoms with Gasteiger partial charge < -0.3 is 14.2 Å². The van der Waals surface area contributed by atoms with Gasteiger partial charge in [0, 0.05) is 38.8 Å². The summed E-state index contributed by atoms with van der Waals surface area (Å²) in [5.41, 5.74) is 0.772. The van der Waals surface area contributed by atoms with Crippen molar-refractivity contribution < 1.29 is 9.53 Å². The summed E-state index contributed by atoms with van der Waals surface area (Å²) >= 11 is 0. The lowest BCUT2D eigenvalue weighted by atomic mass is 10.2. The van der Waals surface area contributed by atoms with E-state index in [1.54, 1.807) is 6.20 Å². The summed E-state index contributed by atoms with van der Waals surface area (Å²) in [7, 11) is 0. The van der Waals surface area contributed by atoms with Crippen LogP contribution in [0, 0.1) is 0 Å². The summed E-state index contributed by atoms with van der Waals surface area (Å²) in [6.45, 7) is 6.17. The number of hydrogen-bond acceptors (Lipinski definition) is 4. The molecule has 114 valence electrons. The van der Waals surface area contributed by atoms with Gasteiger partial charge in [-0.3, -0.25) is 9.69 Å². The van der Waals surface area contributed by atoms with Crippen molar-refractivity contribution in [3.63, 3.8) is 0 Å². The second-order valence-corrected chi connectivity index (χ2v) is 6.20. The zero-order valence-electron chi connectivity index (χ0n) is 12.3. The van der Waals surface area contributed by atoms with Gasteiger partial charge in [0.1, 0.15) is 11.5 Å². The van der Waals surface area contributed by atoms with Crippen LogP contribution in [0.2, 0.25) is 0 Å². The Labute approximate surface area is 124 Å². The fourth-order valence-electron chi connectivity index (χ4n) is 3.65. The highest BCUT2D eigenvalue weighted by molar-refractivity contribution is 5.92. The van der Waals surface area contributed by atoms with Crippen LogP contribution < -0.4 is 0 Å². The van der Waals surface area contributed by atoms with Gasteiger partial charge in [-0.05, 0) is 19.3 Å². The minimum absolute atomic E-state index is 0.156. The van der Waals surface area contributed by atoms with Crippen molar-refractivity contribution in [3.05, 3.63) is 17.7 Å². The molecule has 0 unspecified atom stereocenters. The molecule has 0 aromatic carbocycles. The Morgan fingerprint density at radius 1 is 1.24 bits per heavy atom. The molecular formula is C15H22N4O2. The van der Waals surface area contributed by atoms with Crippen LogP contribution in [0.1, 0.15) is 35.6 Å². The van der Waals surface area contributed by atoms with Crippen LogP contribution in [0.3, 0.4) is 0 Å². The zero-order valence-corrected chi connectivity index (χ0v) is 12.3. The van der Waals surface area contributed by atoms with E-state index in [4.69, 9.17) is 4.74 Å². The van der Waals surface area contributed by atoms with Gasteiger partial charge in [0.2, 0.25) is 0 Å². The maximum atomic E-state index is 12.5. The first kappa shape index (κ1) is 13.3. The van der Waals surface area contributed by atoms with Gasteiger partial charge in [-0.15, -0.1) is 0 Å². The lowest BCUT2D eigenvalue weighted by molar-refractivity contribution is 0.0772. The second kappa shape index (κ2) is 5.42. The highest BCUT2D eigenvalue weighted by Crippen LogP contribution is 2.22. The van der Waals surface area contributed by atoms with Crippen molar-refractivity contribution in [2.45, 2.75) is 38.4 Å². The molecule has 0 aliphatic carbocycles. The Balaban J connectivity index is 1.51. The smallest absolute Gasteiger partial charge is 0.272 e. The molecule has 2 saturated heterocycles. The Kier molecular flexibility index (Phi) is 3.43.